The highest BCUT2D eigenvalue weighted by atomic mass is 28.4. The Balaban J connectivity index is 1.78. The quantitative estimate of drug-likeness (QED) is 0.139. The number of carbonyl (C=O) groups is 1. The van der Waals surface area contributed by atoms with Crippen molar-refractivity contribution in [1.29, 1.82) is 0 Å². The maximum Gasteiger partial charge on any atom is 0.306 e. The summed E-state index contributed by atoms with van der Waals surface area (Å²) in [7, 11) is -1.86. The van der Waals surface area contributed by atoms with Gasteiger partial charge in [0, 0.05) is 6.42 Å². The van der Waals surface area contributed by atoms with Gasteiger partial charge in [-0.15, -0.1) is 0 Å². The first kappa shape index (κ1) is 27.8. The van der Waals surface area contributed by atoms with Gasteiger partial charge >= 0.3 is 5.97 Å². The van der Waals surface area contributed by atoms with Crippen molar-refractivity contribution >= 4 is 14.3 Å². The van der Waals surface area contributed by atoms with Crippen molar-refractivity contribution in [2.75, 3.05) is 0 Å². The van der Waals surface area contributed by atoms with E-state index in [9.17, 15) is 4.79 Å². The molecule has 4 nitrogen and oxygen atoms in total. The standard InChI is InChI=1S/C27H52O4Si/c1-7-8-9-10-11-12-13-14-15-16-17-25(31-32(5,6)27(2,3)4)24-19-18-22(29-24)23-20-21-26(28)30-23/h22-25H,7-21H2,1-6H3/t22-,23-,24-,25-/m0/s1. The molecule has 2 aliphatic heterocycles. The van der Waals surface area contributed by atoms with Crippen LogP contribution in [0, 0.1) is 0 Å². The molecule has 2 fully saturated rings. The lowest BCUT2D eigenvalue weighted by Gasteiger charge is -2.41. The second-order valence-corrected chi connectivity index (χ2v) is 16.5. The minimum absolute atomic E-state index is 0.0432. The van der Waals surface area contributed by atoms with Crippen LogP contribution in [0.2, 0.25) is 18.1 Å². The SMILES string of the molecule is CCCCCCCCCCCC[C@H](O[Si](C)(C)C(C)(C)C)[C@@H]1CC[C@@H]([C@@H]2CCC(=O)O2)O1. The van der Waals surface area contributed by atoms with Crippen molar-refractivity contribution in [3.05, 3.63) is 0 Å². The number of unbranched alkanes of at least 4 members (excludes halogenated alkanes) is 9. The zero-order valence-electron chi connectivity index (χ0n) is 22.0. The van der Waals surface area contributed by atoms with Crippen LogP contribution in [-0.4, -0.2) is 38.7 Å². The summed E-state index contributed by atoms with van der Waals surface area (Å²) in [4.78, 5) is 11.5. The second kappa shape index (κ2) is 13.5. The molecule has 2 saturated heterocycles. The van der Waals surface area contributed by atoms with Gasteiger partial charge in [0.2, 0.25) is 0 Å². The van der Waals surface area contributed by atoms with Crippen LogP contribution in [0.4, 0.5) is 0 Å². The highest BCUT2D eigenvalue weighted by molar-refractivity contribution is 6.74. The third-order valence-electron chi connectivity index (χ3n) is 7.92. The normalized spacial score (nSPS) is 25.3. The van der Waals surface area contributed by atoms with Crippen molar-refractivity contribution in [3.63, 3.8) is 0 Å². The summed E-state index contributed by atoms with van der Waals surface area (Å²) in [5, 5.41) is 0.196. The molecular formula is C27H52O4Si. The van der Waals surface area contributed by atoms with E-state index in [1.165, 1.54) is 64.2 Å². The number of esters is 1. The van der Waals surface area contributed by atoms with Crippen LogP contribution in [-0.2, 0) is 18.7 Å². The maximum atomic E-state index is 11.5. The fourth-order valence-corrected chi connectivity index (χ4v) is 6.13. The molecule has 0 amide bonds. The van der Waals surface area contributed by atoms with E-state index in [4.69, 9.17) is 13.9 Å². The Labute approximate surface area is 199 Å². The molecule has 0 aromatic heterocycles. The van der Waals surface area contributed by atoms with Gasteiger partial charge in [0.05, 0.1) is 18.3 Å². The Bertz CT molecular complexity index is 542. The van der Waals surface area contributed by atoms with Gasteiger partial charge in [-0.1, -0.05) is 91.9 Å². The minimum Gasteiger partial charge on any atom is -0.460 e. The largest absolute Gasteiger partial charge is 0.460 e. The molecule has 0 aromatic carbocycles. The van der Waals surface area contributed by atoms with Crippen LogP contribution < -0.4 is 0 Å². The first-order valence-electron chi connectivity index (χ1n) is 13.7. The van der Waals surface area contributed by atoms with E-state index >= 15 is 0 Å². The Hall–Kier alpha value is -0.393. The molecule has 2 rings (SSSR count). The topological polar surface area (TPSA) is 44.8 Å². The third kappa shape index (κ3) is 9.10. The number of cyclic esters (lactones) is 1. The summed E-state index contributed by atoms with van der Waals surface area (Å²) in [6.07, 6.45) is 18.3. The van der Waals surface area contributed by atoms with E-state index in [1.807, 2.05) is 0 Å². The zero-order valence-corrected chi connectivity index (χ0v) is 23.0. The van der Waals surface area contributed by atoms with E-state index in [0.29, 0.717) is 6.42 Å². The molecule has 5 heteroatoms. The summed E-state index contributed by atoms with van der Waals surface area (Å²) in [5.41, 5.74) is 0. The van der Waals surface area contributed by atoms with Crippen molar-refractivity contribution in [2.45, 2.75) is 167 Å². The fraction of sp³-hybridized carbons (Fsp3) is 0.963. The number of hydrogen-bond donors (Lipinski definition) is 0. The molecule has 0 spiro atoms. The van der Waals surface area contributed by atoms with Gasteiger partial charge in [0.25, 0.3) is 0 Å². The number of hydrogen-bond acceptors (Lipinski definition) is 4. The van der Waals surface area contributed by atoms with E-state index in [-0.39, 0.29) is 35.4 Å². The monoisotopic (exact) mass is 468 g/mol. The van der Waals surface area contributed by atoms with Gasteiger partial charge < -0.3 is 13.9 Å². The number of carbonyl (C=O) groups excluding carboxylic acids is 1. The predicted octanol–water partition coefficient (Wildman–Crippen LogP) is 7.94. The highest BCUT2D eigenvalue weighted by Crippen LogP contribution is 2.40. The molecule has 0 bridgehead atoms. The van der Waals surface area contributed by atoms with Crippen LogP contribution in [0.25, 0.3) is 0 Å². The van der Waals surface area contributed by atoms with Crippen molar-refractivity contribution in [1.82, 2.24) is 0 Å². The van der Waals surface area contributed by atoms with E-state index in [0.717, 1.165) is 25.7 Å². The van der Waals surface area contributed by atoms with Crippen LogP contribution in [0.1, 0.15) is 124 Å². The van der Waals surface area contributed by atoms with E-state index in [1.54, 1.807) is 0 Å². The van der Waals surface area contributed by atoms with Gasteiger partial charge in [-0.25, -0.2) is 0 Å². The molecule has 188 valence electrons. The van der Waals surface area contributed by atoms with Gasteiger partial charge in [-0.2, -0.15) is 0 Å². The van der Waals surface area contributed by atoms with Crippen molar-refractivity contribution in [3.8, 4) is 0 Å². The average Bonchev–Trinajstić information content (AvgIpc) is 3.36. The van der Waals surface area contributed by atoms with Crippen LogP contribution >= 0.6 is 0 Å². The number of rotatable bonds is 15. The summed E-state index contributed by atoms with van der Waals surface area (Å²) in [6, 6.07) is 0. The summed E-state index contributed by atoms with van der Waals surface area (Å²) in [6.45, 7) is 13.9. The molecule has 2 aliphatic rings. The molecule has 0 unspecified atom stereocenters. The Kier molecular flexibility index (Phi) is 11.7. The minimum atomic E-state index is -1.86. The third-order valence-corrected chi connectivity index (χ3v) is 12.4. The molecule has 4 atom stereocenters. The Morgan fingerprint density at radius 3 is 2.03 bits per heavy atom. The molecule has 0 saturated carbocycles. The Morgan fingerprint density at radius 1 is 0.906 bits per heavy atom. The molecule has 0 radical (unpaired) electrons. The second-order valence-electron chi connectivity index (χ2n) is 11.7. The summed E-state index contributed by atoms with van der Waals surface area (Å²) < 4.78 is 18.9. The van der Waals surface area contributed by atoms with Crippen LogP contribution in [0.5, 0.6) is 0 Å². The molecule has 0 aromatic rings. The van der Waals surface area contributed by atoms with Crippen LogP contribution in [0.15, 0.2) is 0 Å². The Morgan fingerprint density at radius 2 is 1.50 bits per heavy atom. The molecular weight excluding hydrogens is 416 g/mol. The molecule has 0 N–H and O–H groups in total. The zero-order chi connectivity index (χ0) is 23.6. The number of ether oxygens (including phenoxy) is 2. The van der Waals surface area contributed by atoms with Crippen molar-refractivity contribution < 1.29 is 18.7 Å². The van der Waals surface area contributed by atoms with Crippen LogP contribution in [0.3, 0.4) is 0 Å². The fourth-order valence-electron chi connectivity index (χ4n) is 4.75. The lowest BCUT2D eigenvalue weighted by molar-refractivity contribution is -0.148. The highest BCUT2D eigenvalue weighted by Gasteiger charge is 2.44. The predicted molar refractivity (Wildman–Crippen MR) is 136 cm³/mol. The maximum absolute atomic E-state index is 11.5. The molecule has 32 heavy (non-hydrogen) atoms. The summed E-state index contributed by atoms with van der Waals surface area (Å²) in [5.74, 6) is -0.0681. The summed E-state index contributed by atoms with van der Waals surface area (Å²) >= 11 is 0. The van der Waals surface area contributed by atoms with E-state index < -0.39 is 8.32 Å². The lowest BCUT2D eigenvalue weighted by Crippen LogP contribution is -2.47. The van der Waals surface area contributed by atoms with Gasteiger partial charge in [0.15, 0.2) is 8.32 Å². The first-order chi connectivity index (χ1) is 15.1. The van der Waals surface area contributed by atoms with E-state index in [2.05, 4.69) is 40.8 Å². The van der Waals surface area contributed by atoms with Gasteiger partial charge in [-0.05, 0) is 43.8 Å². The molecule has 0 aliphatic carbocycles. The van der Waals surface area contributed by atoms with Gasteiger partial charge in [-0.3, -0.25) is 4.79 Å². The average molecular weight is 469 g/mol. The van der Waals surface area contributed by atoms with Crippen molar-refractivity contribution in [2.24, 2.45) is 0 Å². The lowest BCUT2D eigenvalue weighted by atomic mass is 10.0. The first-order valence-corrected chi connectivity index (χ1v) is 16.6. The van der Waals surface area contributed by atoms with Gasteiger partial charge in [0.1, 0.15) is 6.10 Å². The molecule has 2 heterocycles. The smallest absolute Gasteiger partial charge is 0.306 e.